The Morgan fingerprint density at radius 3 is 2.41 bits per heavy atom. The molecule has 1 fully saturated rings. The van der Waals surface area contributed by atoms with Gasteiger partial charge in [0, 0.05) is 44.0 Å². The largest absolute Gasteiger partial charge is 0.282 e. The summed E-state index contributed by atoms with van der Waals surface area (Å²) in [5.41, 5.74) is 0.638. The van der Waals surface area contributed by atoms with Crippen LogP contribution in [-0.4, -0.2) is 58.6 Å². The van der Waals surface area contributed by atoms with Gasteiger partial charge in [0.1, 0.15) is 10.6 Å². The van der Waals surface area contributed by atoms with Gasteiger partial charge in [-0.3, -0.25) is 14.7 Å². The lowest BCUT2D eigenvalue weighted by molar-refractivity contribution is 0.143. The van der Waals surface area contributed by atoms with Crippen LogP contribution >= 0.6 is 11.3 Å². The Bertz CT molecular complexity index is 1390. The summed E-state index contributed by atoms with van der Waals surface area (Å²) < 4.78 is 28.6. The molecule has 3 aromatic heterocycles. The number of sulfonamides is 1. The summed E-state index contributed by atoms with van der Waals surface area (Å²) in [6, 6.07) is 14.6. The zero-order valence-electron chi connectivity index (χ0n) is 17.2. The van der Waals surface area contributed by atoms with Gasteiger partial charge in [-0.25, -0.2) is 13.1 Å². The van der Waals surface area contributed by atoms with Crippen molar-refractivity contribution in [3.05, 3.63) is 76.7 Å². The van der Waals surface area contributed by atoms with Crippen LogP contribution in [0.3, 0.4) is 0 Å². The van der Waals surface area contributed by atoms with Gasteiger partial charge in [-0.1, -0.05) is 24.3 Å². The van der Waals surface area contributed by atoms with Gasteiger partial charge in [0.25, 0.3) is 5.56 Å². The van der Waals surface area contributed by atoms with Crippen LogP contribution in [0.5, 0.6) is 0 Å². The van der Waals surface area contributed by atoms with E-state index in [9.17, 15) is 13.2 Å². The lowest BCUT2D eigenvalue weighted by atomic mass is 10.1. The first-order chi connectivity index (χ1) is 15.5. The molecule has 0 amide bonds. The van der Waals surface area contributed by atoms with Gasteiger partial charge in [0.2, 0.25) is 10.0 Å². The molecule has 0 spiro atoms. The monoisotopic (exact) mass is 467 g/mol. The van der Waals surface area contributed by atoms with E-state index in [1.165, 1.54) is 15.2 Å². The maximum absolute atomic E-state index is 13.1. The topological polar surface area (TPSA) is 88.4 Å². The molecule has 8 nitrogen and oxygen atoms in total. The molecule has 4 aromatic rings. The van der Waals surface area contributed by atoms with E-state index in [-0.39, 0.29) is 10.5 Å². The summed E-state index contributed by atoms with van der Waals surface area (Å²) in [6.07, 6.45) is 2.92. The highest BCUT2D eigenvalue weighted by Gasteiger charge is 2.29. The van der Waals surface area contributed by atoms with Crippen molar-refractivity contribution < 1.29 is 8.42 Å². The summed E-state index contributed by atoms with van der Waals surface area (Å²) >= 11 is 1.58. The average Bonchev–Trinajstić information content (AvgIpc) is 3.37. The molecule has 1 aromatic carbocycles. The minimum atomic E-state index is -3.57. The Morgan fingerprint density at radius 1 is 0.938 bits per heavy atom. The Hall–Kier alpha value is -2.92. The van der Waals surface area contributed by atoms with E-state index < -0.39 is 10.0 Å². The molecule has 1 aliphatic rings. The van der Waals surface area contributed by atoms with Crippen LogP contribution in [0.15, 0.2) is 76.0 Å². The Labute approximate surface area is 189 Å². The van der Waals surface area contributed by atoms with E-state index in [2.05, 4.69) is 15.0 Å². The fourth-order valence-electron chi connectivity index (χ4n) is 3.88. The number of hydrogen-bond donors (Lipinski definition) is 0. The van der Waals surface area contributed by atoms with Gasteiger partial charge >= 0.3 is 0 Å². The third kappa shape index (κ3) is 3.86. The van der Waals surface area contributed by atoms with Crippen molar-refractivity contribution in [2.45, 2.75) is 11.6 Å². The van der Waals surface area contributed by atoms with Gasteiger partial charge in [0.15, 0.2) is 0 Å². The van der Waals surface area contributed by atoms with Crippen LogP contribution < -0.4 is 5.56 Å². The third-order valence-corrected chi connectivity index (χ3v) is 8.32. The molecule has 0 atom stereocenters. The maximum atomic E-state index is 13.1. The summed E-state index contributed by atoms with van der Waals surface area (Å²) in [5.74, 6) is 0. The van der Waals surface area contributed by atoms with Crippen LogP contribution in [0.4, 0.5) is 0 Å². The molecule has 4 heterocycles. The Kier molecular flexibility index (Phi) is 5.60. The molecule has 0 saturated carbocycles. The lowest BCUT2D eigenvalue weighted by Crippen LogP contribution is -2.49. The highest BCUT2D eigenvalue weighted by molar-refractivity contribution is 7.89. The first-order valence-corrected chi connectivity index (χ1v) is 12.5. The molecular weight excluding hydrogens is 446 g/mol. The van der Waals surface area contributed by atoms with Crippen LogP contribution in [0, 0.1) is 0 Å². The minimum Gasteiger partial charge on any atom is -0.282 e. The molecule has 1 saturated heterocycles. The number of hydrogen-bond acceptors (Lipinski definition) is 7. The molecule has 5 rings (SSSR count). The second-order valence-corrected chi connectivity index (χ2v) is 10.4. The lowest BCUT2D eigenvalue weighted by Gasteiger charge is -2.33. The zero-order valence-corrected chi connectivity index (χ0v) is 18.8. The van der Waals surface area contributed by atoms with E-state index in [0.717, 1.165) is 16.0 Å². The first-order valence-electron chi connectivity index (χ1n) is 10.2. The summed E-state index contributed by atoms with van der Waals surface area (Å²) in [5, 5.41) is 8.14. The standard InChI is InChI=1S/C22H21N5O3S2/c28-22-19-7-2-1-6-18(19)21(20-8-4-14-31-20)24-27(22)16-25-10-12-26(13-11-25)32(29,30)17-5-3-9-23-15-17/h1-9,14-15H,10-13,16H2. The number of fused-ring (bicyclic) bond motifs is 1. The number of thiophene rings is 1. The molecule has 32 heavy (non-hydrogen) atoms. The highest BCUT2D eigenvalue weighted by atomic mass is 32.2. The number of aromatic nitrogens is 3. The number of piperazine rings is 1. The van der Waals surface area contributed by atoms with Crippen LogP contribution in [-0.2, 0) is 16.7 Å². The van der Waals surface area contributed by atoms with E-state index in [1.54, 1.807) is 29.7 Å². The summed E-state index contributed by atoms with van der Waals surface area (Å²) in [4.78, 5) is 20.3. The van der Waals surface area contributed by atoms with Crippen molar-refractivity contribution in [2.24, 2.45) is 0 Å². The van der Waals surface area contributed by atoms with Crippen molar-refractivity contribution in [3.63, 3.8) is 0 Å². The van der Waals surface area contributed by atoms with Crippen LogP contribution in [0.2, 0.25) is 0 Å². The maximum Gasteiger partial charge on any atom is 0.275 e. The molecule has 0 aliphatic carbocycles. The number of rotatable bonds is 5. The van der Waals surface area contributed by atoms with Gasteiger partial charge in [0.05, 0.1) is 16.9 Å². The van der Waals surface area contributed by atoms with E-state index >= 15 is 0 Å². The van der Waals surface area contributed by atoms with Crippen LogP contribution in [0.25, 0.3) is 21.3 Å². The molecule has 0 unspecified atom stereocenters. The molecule has 0 radical (unpaired) electrons. The van der Waals surface area contributed by atoms with Gasteiger partial charge < -0.3 is 0 Å². The molecule has 1 aliphatic heterocycles. The van der Waals surface area contributed by atoms with E-state index in [4.69, 9.17) is 0 Å². The van der Waals surface area contributed by atoms with Crippen LogP contribution in [0.1, 0.15) is 0 Å². The smallest absolute Gasteiger partial charge is 0.275 e. The van der Waals surface area contributed by atoms with Crippen molar-refractivity contribution in [1.82, 2.24) is 24.0 Å². The summed E-state index contributed by atoms with van der Waals surface area (Å²) in [6.45, 7) is 2.01. The molecular formula is C22H21N5O3S2. The van der Waals surface area contributed by atoms with Gasteiger partial charge in [-0.05, 0) is 29.6 Å². The second kappa shape index (κ2) is 8.55. The van der Waals surface area contributed by atoms with Crippen molar-refractivity contribution in [2.75, 3.05) is 26.2 Å². The van der Waals surface area contributed by atoms with Crippen molar-refractivity contribution in [3.8, 4) is 10.6 Å². The molecule has 10 heteroatoms. The van der Waals surface area contributed by atoms with Crippen molar-refractivity contribution >= 4 is 32.1 Å². The zero-order chi connectivity index (χ0) is 22.1. The minimum absolute atomic E-state index is 0.147. The van der Waals surface area contributed by atoms with Crippen molar-refractivity contribution in [1.29, 1.82) is 0 Å². The quantitative estimate of drug-likeness (QED) is 0.448. The Morgan fingerprint density at radius 2 is 1.72 bits per heavy atom. The molecule has 0 bridgehead atoms. The second-order valence-electron chi connectivity index (χ2n) is 7.53. The van der Waals surface area contributed by atoms with Gasteiger partial charge in [-0.15, -0.1) is 11.3 Å². The fourth-order valence-corrected chi connectivity index (χ4v) is 5.99. The third-order valence-electron chi connectivity index (χ3n) is 5.56. The SMILES string of the molecule is O=c1c2ccccc2c(-c2cccs2)nn1CN1CCN(S(=O)(=O)c2cccnc2)CC1. The average molecular weight is 468 g/mol. The highest BCUT2D eigenvalue weighted by Crippen LogP contribution is 2.28. The molecule has 164 valence electrons. The summed E-state index contributed by atoms with van der Waals surface area (Å²) in [7, 11) is -3.57. The normalized spacial score (nSPS) is 15.9. The predicted molar refractivity (Wildman–Crippen MR) is 124 cm³/mol. The first kappa shape index (κ1) is 21.0. The number of nitrogens with zero attached hydrogens (tertiary/aromatic N) is 5. The molecule has 0 N–H and O–H groups in total. The Balaban J connectivity index is 1.38. The number of benzene rings is 1. The van der Waals surface area contributed by atoms with Gasteiger partial charge in [-0.2, -0.15) is 9.40 Å². The predicted octanol–water partition coefficient (Wildman–Crippen LogP) is 2.48. The van der Waals surface area contributed by atoms with E-state index in [1.807, 2.05) is 41.8 Å². The number of pyridine rings is 1. The fraction of sp³-hybridized carbons (Fsp3) is 0.227. The van der Waals surface area contributed by atoms with E-state index in [0.29, 0.717) is 38.2 Å².